The number of rotatable bonds is 8. The maximum absolute atomic E-state index is 12.4. The molecule has 150 valence electrons. The number of nitrogens with zero attached hydrogens (tertiary/aromatic N) is 1. The highest BCUT2D eigenvalue weighted by molar-refractivity contribution is 6.31. The molecule has 5 heteroatoms. The average molecular weight is 401 g/mol. The highest BCUT2D eigenvalue weighted by Crippen LogP contribution is 2.29. The molecule has 28 heavy (non-hydrogen) atoms. The average Bonchev–Trinajstić information content (AvgIpc) is 2.74. The molecule has 1 saturated heterocycles. The predicted molar refractivity (Wildman–Crippen MR) is 114 cm³/mol. The Morgan fingerprint density at radius 1 is 1.11 bits per heavy atom. The summed E-state index contributed by atoms with van der Waals surface area (Å²) in [6, 6.07) is 15.9. The predicted octanol–water partition coefficient (Wildman–Crippen LogP) is 4.62. The van der Waals surface area contributed by atoms with Gasteiger partial charge in [-0.3, -0.25) is 9.69 Å². The van der Waals surface area contributed by atoms with Crippen molar-refractivity contribution in [3.05, 3.63) is 64.7 Å². The van der Waals surface area contributed by atoms with Gasteiger partial charge in [-0.2, -0.15) is 0 Å². The van der Waals surface area contributed by atoms with Gasteiger partial charge < -0.3 is 10.1 Å². The van der Waals surface area contributed by atoms with Gasteiger partial charge in [-0.15, -0.1) is 0 Å². The molecule has 3 rings (SSSR count). The molecule has 1 N–H and O–H groups in total. The summed E-state index contributed by atoms with van der Waals surface area (Å²) in [5.41, 5.74) is 2.32. The van der Waals surface area contributed by atoms with Gasteiger partial charge in [0.05, 0.1) is 6.04 Å². The van der Waals surface area contributed by atoms with Gasteiger partial charge in [0.25, 0.3) is 5.91 Å². The van der Waals surface area contributed by atoms with Gasteiger partial charge >= 0.3 is 0 Å². The first kappa shape index (κ1) is 20.7. The molecule has 2 aromatic carbocycles. The van der Waals surface area contributed by atoms with Crippen molar-refractivity contribution in [3.8, 4) is 5.75 Å². The van der Waals surface area contributed by atoms with E-state index in [1.165, 1.54) is 24.8 Å². The van der Waals surface area contributed by atoms with Crippen LogP contribution in [-0.2, 0) is 11.2 Å². The van der Waals surface area contributed by atoms with E-state index in [9.17, 15) is 4.79 Å². The molecular weight excluding hydrogens is 372 g/mol. The third-order valence-corrected chi connectivity index (χ3v) is 5.63. The standard InChI is InChI=1S/C23H29ClN2O2/c1-2-18-10-12-19(13-11-18)28-17-23(27)25-16-22(26-14-6-3-7-15-26)20-8-4-5-9-21(20)24/h4-5,8-13,22H,2-3,6-7,14-17H2,1H3,(H,25,27)/t22-/m1/s1. The Morgan fingerprint density at radius 2 is 1.82 bits per heavy atom. The van der Waals surface area contributed by atoms with Crippen molar-refractivity contribution >= 4 is 17.5 Å². The van der Waals surface area contributed by atoms with E-state index in [2.05, 4.69) is 23.2 Å². The lowest BCUT2D eigenvalue weighted by molar-refractivity contribution is -0.123. The summed E-state index contributed by atoms with van der Waals surface area (Å²) in [4.78, 5) is 14.8. The number of halogens is 1. The molecule has 1 aliphatic rings. The van der Waals surface area contributed by atoms with Crippen molar-refractivity contribution in [1.82, 2.24) is 10.2 Å². The van der Waals surface area contributed by atoms with E-state index >= 15 is 0 Å². The molecule has 0 bridgehead atoms. The van der Waals surface area contributed by atoms with Crippen molar-refractivity contribution < 1.29 is 9.53 Å². The van der Waals surface area contributed by atoms with Gasteiger partial charge in [-0.1, -0.05) is 55.3 Å². The van der Waals surface area contributed by atoms with E-state index in [0.717, 1.165) is 30.1 Å². The van der Waals surface area contributed by atoms with Crippen molar-refractivity contribution in [2.75, 3.05) is 26.2 Å². The van der Waals surface area contributed by atoms with Crippen molar-refractivity contribution in [2.24, 2.45) is 0 Å². The highest BCUT2D eigenvalue weighted by atomic mass is 35.5. The molecule has 0 spiro atoms. The van der Waals surface area contributed by atoms with E-state index in [1.807, 2.05) is 42.5 Å². The fraction of sp³-hybridized carbons (Fsp3) is 0.435. The zero-order chi connectivity index (χ0) is 19.8. The lowest BCUT2D eigenvalue weighted by Crippen LogP contribution is -2.41. The number of ether oxygens (including phenoxy) is 1. The summed E-state index contributed by atoms with van der Waals surface area (Å²) in [5.74, 6) is 0.597. The Morgan fingerprint density at radius 3 is 2.50 bits per heavy atom. The summed E-state index contributed by atoms with van der Waals surface area (Å²) in [6.45, 7) is 4.72. The molecule has 2 aromatic rings. The van der Waals surface area contributed by atoms with Gasteiger partial charge in [0.15, 0.2) is 6.61 Å². The SMILES string of the molecule is CCc1ccc(OCC(=O)NC[C@H](c2ccccc2Cl)N2CCCCC2)cc1. The Bertz CT molecular complexity index is 757. The molecule has 1 aliphatic heterocycles. The lowest BCUT2D eigenvalue weighted by atomic mass is 10.0. The summed E-state index contributed by atoms with van der Waals surface area (Å²) in [5, 5.41) is 3.78. The van der Waals surface area contributed by atoms with Gasteiger partial charge in [0.1, 0.15) is 5.75 Å². The Hall–Kier alpha value is -2.04. The van der Waals surface area contributed by atoms with Crippen LogP contribution in [0.1, 0.15) is 43.4 Å². The molecule has 1 amide bonds. The van der Waals surface area contributed by atoms with Crippen LogP contribution in [-0.4, -0.2) is 37.0 Å². The first-order valence-electron chi connectivity index (χ1n) is 10.1. The Balaban J connectivity index is 1.57. The lowest BCUT2D eigenvalue weighted by Gasteiger charge is -2.35. The fourth-order valence-corrected chi connectivity index (χ4v) is 3.90. The normalized spacial score (nSPS) is 15.8. The van der Waals surface area contributed by atoms with Crippen LogP contribution in [0.5, 0.6) is 5.75 Å². The number of benzene rings is 2. The molecule has 0 saturated carbocycles. The van der Waals surface area contributed by atoms with Crippen molar-refractivity contribution in [1.29, 1.82) is 0 Å². The van der Waals surface area contributed by atoms with Gasteiger partial charge in [0, 0.05) is 11.6 Å². The Labute approximate surface area is 172 Å². The molecule has 0 aliphatic carbocycles. The van der Waals surface area contributed by atoms with Gasteiger partial charge in [-0.05, 0) is 61.7 Å². The molecule has 0 radical (unpaired) electrons. The number of amides is 1. The monoisotopic (exact) mass is 400 g/mol. The highest BCUT2D eigenvalue weighted by Gasteiger charge is 2.24. The van der Waals surface area contributed by atoms with E-state index in [4.69, 9.17) is 16.3 Å². The second-order valence-corrected chi connectivity index (χ2v) is 7.63. The number of carbonyl (C=O) groups excluding carboxylic acids is 1. The van der Waals surface area contributed by atoms with Crippen LogP contribution in [0.4, 0.5) is 0 Å². The second kappa shape index (κ2) is 10.5. The number of hydrogen-bond acceptors (Lipinski definition) is 3. The zero-order valence-electron chi connectivity index (χ0n) is 16.5. The third-order valence-electron chi connectivity index (χ3n) is 5.29. The van der Waals surface area contributed by atoms with E-state index < -0.39 is 0 Å². The number of nitrogens with one attached hydrogen (secondary N) is 1. The number of likely N-dealkylation sites (tertiary alicyclic amines) is 1. The molecule has 4 nitrogen and oxygen atoms in total. The molecule has 1 fully saturated rings. The van der Waals surface area contributed by atoms with Crippen LogP contribution in [0.2, 0.25) is 5.02 Å². The number of carbonyl (C=O) groups is 1. The first-order valence-corrected chi connectivity index (χ1v) is 10.5. The minimum atomic E-state index is -0.117. The fourth-order valence-electron chi connectivity index (χ4n) is 3.64. The number of aryl methyl sites for hydroxylation is 1. The maximum atomic E-state index is 12.4. The first-order chi connectivity index (χ1) is 13.7. The number of hydrogen-bond donors (Lipinski definition) is 1. The van der Waals surface area contributed by atoms with Crippen LogP contribution >= 0.6 is 11.6 Å². The van der Waals surface area contributed by atoms with Crippen LogP contribution in [0, 0.1) is 0 Å². The van der Waals surface area contributed by atoms with Crippen molar-refractivity contribution in [3.63, 3.8) is 0 Å². The quantitative estimate of drug-likeness (QED) is 0.702. The Kier molecular flexibility index (Phi) is 7.75. The minimum absolute atomic E-state index is 0.0146. The van der Waals surface area contributed by atoms with Gasteiger partial charge in [0.2, 0.25) is 0 Å². The molecule has 1 heterocycles. The van der Waals surface area contributed by atoms with Crippen molar-refractivity contribution in [2.45, 2.75) is 38.6 Å². The smallest absolute Gasteiger partial charge is 0.258 e. The maximum Gasteiger partial charge on any atom is 0.258 e. The van der Waals surface area contributed by atoms with E-state index in [0.29, 0.717) is 12.3 Å². The summed E-state index contributed by atoms with van der Waals surface area (Å²) < 4.78 is 5.62. The summed E-state index contributed by atoms with van der Waals surface area (Å²) in [6.07, 6.45) is 4.63. The summed E-state index contributed by atoms with van der Waals surface area (Å²) in [7, 11) is 0. The molecule has 1 atom stereocenters. The zero-order valence-corrected chi connectivity index (χ0v) is 17.3. The molecular formula is C23H29ClN2O2. The van der Waals surface area contributed by atoms with Crippen LogP contribution < -0.4 is 10.1 Å². The number of piperidine rings is 1. The van der Waals surface area contributed by atoms with Gasteiger partial charge in [-0.25, -0.2) is 0 Å². The van der Waals surface area contributed by atoms with Crippen LogP contribution in [0.25, 0.3) is 0 Å². The van der Waals surface area contributed by atoms with E-state index in [1.54, 1.807) is 0 Å². The minimum Gasteiger partial charge on any atom is -0.484 e. The van der Waals surface area contributed by atoms with Crippen LogP contribution in [0.3, 0.4) is 0 Å². The molecule has 0 unspecified atom stereocenters. The largest absolute Gasteiger partial charge is 0.484 e. The van der Waals surface area contributed by atoms with Crippen LogP contribution in [0.15, 0.2) is 48.5 Å². The topological polar surface area (TPSA) is 41.6 Å². The third kappa shape index (κ3) is 5.73. The second-order valence-electron chi connectivity index (χ2n) is 7.22. The van der Waals surface area contributed by atoms with E-state index in [-0.39, 0.29) is 18.6 Å². The summed E-state index contributed by atoms with van der Waals surface area (Å²) >= 11 is 6.46. The molecule has 0 aromatic heterocycles.